The molecule has 0 saturated heterocycles. The van der Waals surface area contributed by atoms with E-state index in [1.807, 2.05) is 36.5 Å². The fourth-order valence-corrected chi connectivity index (χ4v) is 2.24. The third kappa shape index (κ3) is 6.24. The molecule has 2 rings (SSSR count). The maximum absolute atomic E-state index is 11.7. The summed E-state index contributed by atoms with van der Waals surface area (Å²) >= 11 is 0. The topological polar surface area (TPSA) is 73.2 Å². The van der Waals surface area contributed by atoms with Crippen molar-refractivity contribution in [2.45, 2.75) is 39.2 Å². The van der Waals surface area contributed by atoms with Gasteiger partial charge in [-0.15, -0.1) is 0 Å². The molecule has 6 nitrogen and oxygen atoms in total. The third-order valence-corrected chi connectivity index (χ3v) is 3.54. The highest BCUT2D eigenvalue weighted by molar-refractivity contribution is 5.72. The molecular formula is C18H23N3O3. The van der Waals surface area contributed by atoms with Crippen molar-refractivity contribution in [2.75, 3.05) is 6.54 Å². The van der Waals surface area contributed by atoms with Crippen LogP contribution in [0.4, 0.5) is 0 Å². The van der Waals surface area contributed by atoms with Crippen molar-refractivity contribution in [3.63, 3.8) is 0 Å². The fourth-order valence-electron chi connectivity index (χ4n) is 2.24. The highest BCUT2D eigenvalue weighted by atomic mass is 16.5. The van der Waals surface area contributed by atoms with E-state index in [9.17, 15) is 9.59 Å². The number of esters is 1. The molecule has 1 N–H and O–H groups in total. The Labute approximate surface area is 141 Å². The van der Waals surface area contributed by atoms with E-state index in [4.69, 9.17) is 4.74 Å². The predicted molar refractivity (Wildman–Crippen MR) is 90.5 cm³/mol. The van der Waals surface area contributed by atoms with E-state index in [0.29, 0.717) is 13.0 Å². The van der Waals surface area contributed by atoms with Crippen LogP contribution in [0.3, 0.4) is 0 Å². The summed E-state index contributed by atoms with van der Waals surface area (Å²) in [7, 11) is 0. The number of unbranched alkanes of at least 4 members (excludes halogenated alkanes) is 2. The standard InChI is InChI=1S/C18H23N3O3/c1-15(22)19-11-4-2-3-6-18(23)24-14-16-7-9-17(10-8-16)21-13-5-12-20-21/h5,7-10,12-13H,2-4,6,11,14H2,1H3,(H,19,22). The van der Waals surface area contributed by atoms with Gasteiger partial charge < -0.3 is 10.1 Å². The van der Waals surface area contributed by atoms with Crippen LogP contribution >= 0.6 is 0 Å². The Hall–Kier alpha value is -2.63. The Bertz CT molecular complexity index is 636. The van der Waals surface area contributed by atoms with E-state index in [2.05, 4.69) is 10.4 Å². The summed E-state index contributed by atoms with van der Waals surface area (Å²) in [5.74, 6) is -0.210. The van der Waals surface area contributed by atoms with E-state index in [0.717, 1.165) is 30.5 Å². The number of carbonyl (C=O) groups excluding carboxylic acids is 2. The minimum Gasteiger partial charge on any atom is -0.461 e. The van der Waals surface area contributed by atoms with Gasteiger partial charge in [0.2, 0.25) is 5.91 Å². The SMILES string of the molecule is CC(=O)NCCCCCC(=O)OCc1ccc(-n2cccn2)cc1. The molecule has 1 aromatic heterocycles. The van der Waals surface area contributed by atoms with Crippen LogP contribution in [0.2, 0.25) is 0 Å². The zero-order chi connectivity index (χ0) is 17.2. The Morgan fingerprint density at radius 2 is 1.96 bits per heavy atom. The normalized spacial score (nSPS) is 10.4. The largest absolute Gasteiger partial charge is 0.461 e. The van der Waals surface area contributed by atoms with Gasteiger partial charge in [-0.05, 0) is 36.6 Å². The smallest absolute Gasteiger partial charge is 0.306 e. The van der Waals surface area contributed by atoms with Crippen LogP contribution in [-0.4, -0.2) is 28.2 Å². The highest BCUT2D eigenvalue weighted by Gasteiger charge is 2.04. The summed E-state index contributed by atoms with van der Waals surface area (Å²) in [5, 5.41) is 6.90. The molecule has 1 heterocycles. The lowest BCUT2D eigenvalue weighted by atomic mass is 10.2. The number of nitrogens with one attached hydrogen (secondary N) is 1. The van der Waals surface area contributed by atoms with Crippen molar-refractivity contribution in [3.05, 3.63) is 48.3 Å². The van der Waals surface area contributed by atoms with Crippen molar-refractivity contribution in [1.82, 2.24) is 15.1 Å². The maximum Gasteiger partial charge on any atom is 0.306 e. The van der Waals surface area contributed by atoms with Gasteiger partial charge >= 0.3 is 5.97 Å². The van der Waals surface area contributed by atoms with Crippen LogP contribution in [-0.2, 0) is 20.9 Å². The number of ether oxygens (including phenoxy) is 1. The first kappa shape index (κ1) is 17.7. The van der Waals surface area contributed by atoms with Crippen LogP contribution in [0.25, 0.3) is 5.69 Å². The van der Waals surface area contributed by atoms with Crippen molar-refractivity contribution in [2.24, 2.45) is 0 Å². The van der Waals surface area contributed by atoms with Crippen LogP contribution in [0, 0.1) is 0 Å². The van der Waals surface area contributed by atoms with Crippen LogP contribution in [0.1, 0.15) is 38.2 Å². The Balaban J connectivity index is 1.62. The fraction of sp³-hybridized carbons (Fsp3) is 0.389. The molecule has 0 aliphatic heterocycles. The minimum atomic E-state index is -0.189. The van der Waals surface area contributed by atoms with Gasteiger partial charge in [-0.2, -0.15) is 5.10 Å². The quantitative estimate of drug-likeness (QED) is 0.567. The van der Waals surface area contributed by atoms with Crippen molar-refractivity contribution >= 4 is 11.9 Å². The van der Waals surface area contributed by atoms with Gasteiger partial charge in [0, 0.05) is 32.3 Å². The third-order valence-electron chi connectivity index (χ3n) is 3.54. The lowest BCUT2D eigenvalue weighted by Crippen LogP contribution is -2.20. The second kappa shape index (κ2) is 9.50. The molecule has 1 aromatic carbocycles. The number of carbonyl (C=O) groups is 2. The average Bonchev–Trinajstić information content (AvgIpc) is 3.11. The lowest BCUT2D eigenvalue weighted by Gasteiger charge is -2.07. The summed E-state index contributed by atoms with van der Waals surface area (Å²) in [6.45, 7) is 2.44. The van der Waals surface area contributed by atoms with Gasteiger partial charge in [-0.3, -0.25) is 9.59 Å². The molecule has 0 aliphatic carbocycles. The number of rotatable bonds is 9. The van der Waals surface area contributed by atoms with Crippen LogP contribution < -0.4 is 5.32 Å². The molecule has 1 amide bonds. The van der Waals surface area contributed by atoms with Gasteiger partial charge in [0.25, 0.3) is 0 Å². The highest BCUT2D eigenvalue weighted by Crippen LogP contribution is 2.10. The molecular weight excluding hydrogens is 306 g/mol. The molecule has 128 valence electrons. The van der Waals surface area contributed by atoms with E-state index in [1.165, 1.54) is 6.92 Å². The Morgan fingerprint density at radius 1 is 1.17 bits per heavy atom. The van der Waals surface area contributed by atoms with E-state index in [1.54, 1.807) is 10.9 Å². The van der Waals surface area contributed by atoms with Crippen molar-refractivity contribution < 1.29 is 14.3 Å². The molecule has 0 aliphatic rings. The average molecular weight is 329 g/mol. The first-order valence-electron chi connectivity index (χ1n) is 8.14. The predicted octanol–water partition coefficient (Wildman–Crippen LogP) is 2.61. The van der Waals surface area contributed by atoms with Gasteiger partial charge in [-0.1, -0.05) is 18.6 Å². The molecule has 0 unspecified atom stereocenters. The lowest BCUT2D eigenvalue weighted by molar-refractivity contribution is -0.145. The molecule has 0 saturated carbocycles. The van der Waals surface area contributed by atoms with Crippen LogP contribution in [0.5, 0.6) is 0 Å². The Morgan fingerprint density at radius 3 is 2.62 bits per heavy atom. The Kier molecular flexibility index (Phi) is 7.01. The zero-order valence-corrected chi connectivity index (χ0v) is 13.9. The summed E-state index contributed by atoms with van der Waals surface area (Å²) < 4.78 is 7.05. The number of hydrogen-bond acceptors (Lipinski definition) is 4. The second-order valence-corrected chi connectivity index (χ2v) is 5.57. The number of hydrogen-bond donors (Lipinski definition) is 1. The van der Waals surface area contributed by atoms with E-state index in [-0.39, 0.29) is 18.5 Å². The second-order valence-electron chi connectivity index (χ2n) is 5.57. The molecule has 0 spiro atoms. The van der Waals surface area contributed by atoms with Gasteiger partial charge in [-0.25, -0.2) is 4.68 Å². The van der Waals surface area contributed by atoms with Gasteiger partial charge in [0.05, 0.1) is 5.69 Å². The summed E-state index contributed by atoms with van der Waals surface area (Å²) in [4.78, 5) is 22.4. The molecule has 0 bridgehead atoms. The summed E-state index contributed by atoms with van der Waals surface area (Å²) in [6, 6.07) is 9.61. The van der Waals surface area contributed by atoms with Crippen LogP contribution in [0.15, 0.2) is 42.7 Å². The molecule has 6 heteroatoms. The van der Waals surface area contributed by atoms with Gasteiger partial charge in [0.15, 0.2) is 0 Å². The van der Waals surface area contributed by atoms with Crippen molar-refractivity contribution in [3.8, 4) is 5.69 Å². The molecule has 0 radical (unpaired) electrons. The summed E-state index contributed by atoms with van der Waals surface area (Å²) in [5.41, 5.74) is 1.92. The molecule has 0 fully saturated rings. The molecule has 24 heavy (non-hydrogen) atoms. The number of benzene rings is 1. The summed E-state index contributed by atoms with van der Waals surface area (Å²) in [6.07, 6.45) is 6.56. The number of aromatic nitrogens is 2. The van der Waals surface area contributed by atoms with Gasteiger partial charge in [0.1, 0.15) is 6.61 Å². The number of nitrogens with zero attached hydrogens (tertiary/aromatic N) is 2. The van der Waals surface area contributed by atoms with Crippen molar-refractivity contribution in [1.29, 1.82) is 0 Å². The molecule has 0 atom stereocenters. The minimum absolute atomic E-state index is 0.0204. The maximum atomic E-state index is 11.7. The number of amides is 1. The van der Waals surface area contributed by atoms with E-state index >= 15 is 0 Å². The monoisotopic (exact) mass is 329 g/mol. The first-order valence-corrected chi connectivity index (χ1v) is 8.14. The molecule has 2 aromatic rings. The first-order chi connectivity index (χ1) is 11.6. The zero-order valence-electron chi connectivity index (χ0n) is 13.9. The van der Waals surface area contributed by atoms with E-state index < -0.39 is 0 Å².